The van der Waals surface area contributed by atoms with Crippen molar-refractivity contribution >= 4 is 43.6 Å². The van der Waals surface area contributed by atoms with Crippen LogP contribution >= 0.6 is 31.9 Å². The fourth-order valence-electron chi connectivity index (χ4n) is 1.03. The molecule has 1 aromatic carbocycles. The van der Waals surface area contributed by atoms with Gasteiger partial charge < -0.3 is 0 Å². The summed E-state index contributed by atoms with van der Waals surface area (Å²) in [5.74, 6) is -0.850. The maximum atomic E-state index is 11.8. The van der Waals surface area contributed by atoms with Crippen molar-refractivity contribution in [2.24, 2.45) is 0 Å². The van der Waals surface area contributed by atoms with Crippen LogP contribution in [0.2, 0.25) is 0 Å². The van der Waals surface area contributed by atoms with Crippen LogP contribution in [0.25, 0.3) is 0 Å². The summed E-state index contributed by atoms with van der Waals surface area (Å²) >= 11 is 6.27. The molecule has 86 valence electrons. The van der Waals surface area contributed by atoms with Gasteiger partial charge in [-0.25, -0.2) is 5.48 Å². The molecule has 1 amide bonds. The molecule has 0 spiro atoms. The molecular formula is C10H9Br2NO3. The number of nitrogens with one attached hydrogen (secondary N) is 1. The van der Waals surface area contributed by atoms with E-state index in [1.165, 1.54) is 7.11 Å². The molecule has 0 aliphatic rings. The van der Waals surface area contributed by atoms with Crippen LogP contribution in [0.15, 0.2) is 28.7 Å². The number of Topliss-reactive ketones (excluding diaryl/α,β-unsaturated/α-hetero) is 1. The van der Waals surface area contributed by atoms with Crippen molar-refractivity contribution in [3.05, 3.63) is 34.3 Å². The van der Waals surface area contributed by atoms with Crippen molar-refractivity contribution in [2.45, 2.75) is 4.83 Å². The third-order valence-electron chi connectivity index (χ3n) is 1.79. The molecule has 0 heterocycles. The topological polar surface area (TPSA) is 55.4 Å². The summed E-state index contributed by atoms with van der Waals surface area (Å²) in [5.41, 5.74) is 2.55. The summed E-state index contributed by atoms with van der Waals surface area (Å²) in [4.78, 5) is 26.6. The summed E-state index contributed by atoms with van der Waals surface area (Å²) in [6, 6.07) is 6.75. The summed E-state index contributed by atoms with van der Waals surface area (Å²) in [6.07, 6.45) is 0. The summed E-state index contributed by atoms with van der Waals surface area (Å²) in [7, 11) is 1.31. The molecule has 1 aromatic rings. The fraction of sp³-hybridized carbons (Fsp3) is 0.200. The Bertz CT molecular complexity index is 392. The Morgan fingerprint density at radius 1 is 1.31 bits per heavy atom. The molecule has 1 atom stereocenters. The van der Waals surface area contributed by atoms with Gasteiger partial charge >= 0.3 is 0 Å². The van der Waals surface area contributed by atoms with Crippen molar-refractivity contribution < 1.29 is 14.4 Å². The van der Waals surface area contributed by atoms with Gasteiger partial charge in [-0.15, -0.1) is 0 Å². The second-order valence-corrected chi connectivity index (χ2v) is 4.74. The molecule has 4 nitrogen and oxygen atoms in total. The largest absolute Gasteiger partial charge is 0.292 e. The molecule has 1 N–H and O–H groups in total. The lowest BCUT2D eigenvalue weighted by Crippen LogP contribution is -2.35. The Morgan fingerprint density at radius 3 is 2.38 bits per heavy atom. The first-order valence-corrected chi connectivity index (χ1v) is 6.04. The number of alkyl halides is 1. The number of rotatable bonds is 4. The average Bonchev–Trinajstić information content (AvgIpc) is 2.28. The molecule has 0 fully saturated rings. The molecule has 0 saturated heterocycles. The van der Waals surface area contributed by atoms with E-state index >= 15 is 0 Å². The van der Waals surface area contributed by atoms with E-state index in [9.17, 15) is 9.59 Å². The van der Waals surface area contributed by atoms with Gasteiger partial charge in [0.25, 0.3) is 5.91 Å². The first kappa shape index (κ1) is 13.3. The van der Waals surface area contributed by atoms with E-state index in [0.29, 0.717) is 5.56 Å². The van der Waals surface area contributed by atoms with Crippen molar-refractivity contribution in [1.82, 2.24) is 5.48 Å². The fourth-order valence-corrected chi connectivity index (χ4v) is 1.65. The van der Waals surface area contributed by atoms with Crippen LogP contribution in [0, 0.1) is 0 Å². The van der Waals surface area contributed by atoms with E-state index in [-0.39, 0.29) is 5.78 Å². The molecule has 0 bridgehead atoms. The normalized spacial score (nSPS) is 11.9. The highest BCUT2D eigenvalue weighted by molar-refractivity contribution is 9.10. The third-order valence-corrected chi connectivity index (χ3v) is 3.15. The monoisotopic (exact) mass is 349 g/mol. The number of carbonyl (C=O) groups excluding carboxylic acids is 2. The summed E-state index contributed by atoms with van der Waals surface area (Å²) < 4.78 is 0.872. The lowest BCUT2D eigenvalue weighted by molar-refractivity contribution is -0.129. The van der Waals surface area contributed by atoms with Gasteiger partial charge in [0.05, 0.1) is 7.11 Å². The predicted octanol–water partition coefficient (Wildman–Crippen LogP) is 2.07. The molecule has 1 unspecified atom stereocenters. The number of hydrogen-bond donors (Lipinski definition) is 1. The van der Waals surface area contributed by atoms with Crippen molar-refractivity contribution in [2.75, 3.05) is 7.11 Å². The molecule has 0 aliphatic carbocycles. The second-order valence-electron chi connectivity index (χ2n) is 2.90. The van der Waals surface area contributed by atoms with Gasteiger partial charge in [0.15, 0.2) is 10.6 Å². The number of hydroxylamine groups is 1. The van der Waals surface area contributed by atoms with Gasteiger partial charge in [-0.3, -0.25) is 14.4 Å². The lowest BCUT2D eigenvalue weighted by atomic mass is 10.1. The number of hydrogen-bond acceptors (Lipinski definition) is 3. The van der Waals surface area contributed by atoms with E-state index in [4.69, 9.17) is 0 Å². The van der Waals surface area contributed by atoms with Gasteiger partial charge in [-0.2, -0.15) is 0 Å². The van der Waals surface area contributed by atoms with Gasteiger partial charge in [0, 0.05) is 10.0 Å². The summed E-state index contributed by atoms with van der Waals surface area (Å²) in [5, 5.41) is 0. The van der Waals surface area contributed by atoms with Crippen LogP contribution in [0.5, 0.6) is 0 Å². The van der Waals surface area contributed by atoms with E-state index in [0.717, 1.165) is 4.47 Å². The van der Waals surface area contributed by atoms with Crippen LogP contribution in [0.3, 0.4) is 0 Å². The SMILES string of the molecule is CONC(=O)C(Br)C(=O)c1ccc(Br)cc1. The van der Waals surface area contributed by atoms with Gasteiger partial charge in [-0.05, 0) is 12.1 Å². The number of benzene rings is 1. The maximum Gasteiger partial charge on any atom is 0.265 e. The Hall–Kier alpha value is -0.720. The lowest BCUT2D eigenvalue weighted by Gasteiger charge is -2.08. The Labute approximate surface area is 110 Å². The van der Waals surface area contributed by atoms with Crippen molar-refractivity contribution in [1.29, 1.82) is 0 Å². The molecule has 0 aliphatic heterocycles. The summed E-state index contributed by atoms with van der Waals surface area (Å²) in [6.45, 7) is 0. The van der Waals surface area contributed by atoms with Crippen LogP contribution in [-0.4, -0.2) is 23.6 Å². The predicted molar refractivity (Wildman–Crippen MR) is 66.3 cm³/mol. The zero-order valence-electron chi connectivity index (χ0n) is 8.37. The van der Waals surface area contributed by atoms with E-state index in [2.05, 4.69) is 42.2 Å². The van der Waals surface area contributed by atoms with Gasteiger partial charge in [-0.1, -0.05) is 44.0 Å². The zero-order chi connectivity index (χ0) is 12.1. The molecule has 0 aromatic heterocycles. The minimum atomic E-state index is -0.950. The number of amides is 1. The highest BCUT2D eigenvalue weighted by atomic mass is 79.9. The second kappa shape index (κ2) is 6.12. The van der Waals surface area contributed by atoms with Crippen LogP contribution in [-0.2, 0) is 9.63 Å². The van der Waals surface area contributed by atoms with Gasteiger partial charge in [0.2, 0.25) is 0 Å². The highest BCUT2D eigenvalue weighted by Gasteiger charge is 2.24. The molecular weight excluding hydrogens is 342 g/mol. The van der Waals surface area contributed by atoms with Crippen LogP contribution in [0.4, 0.5) is 0 Å². The van der Waals surface area contributed by atoms with Gasteiger partial charge in [0.1, 0.15) is 0 Å². The molecule has 0 radical (unpaired) electrons. The van der Waals surface area contributed by atoms with Crippen LogP contribution in [0.1, 0.15) is 10.4 Å². The molecule has 16 heavy (non-hydrogen) atoms. The van der Waals surface area contributed by atoms with Crippen LogP contribution < -0.4 is 5.48 Å². The number of carbonyl (C=O) groups is 2. The minimum absolute atomic E-state index is 0.318. The highest BCUT2D eigenvalue weighted by Crippen LogP contribution is 2.14. The maximum absolute atomic E-state index is 11.8. The zero-order valence-corrected chi connectivity index (χ0v) is 11.5. The first-order valence-electron chi connectivity index (χ1n) is 4.33. The number of ketones is 1. The molecule has 6 heteroatoms. The minimum Gasteiger partial charge on any atom is -0.292 e. The smallest absolute Gasteiger partial charge is 0.265 e. The Kier molecular flexibility index (Phi) is 5.11. The van der Waals surface area contributed by atoms with E-state index in [1.807, 2.05) is 0 Å². The Balaban J connectivity index is 2.78. The Morgan fingerprint density at radius 2 is 1.88 bits per heavy atom. The van der Waals surface area contributed by atoms with Crippen molar-refractivity contribution in [3.63, 3.8) is 0 Å². The van der Waals surface area contributed by atoms with E-state index < -0.39 is 10.7 Å². The standard InChI is InChI=1S/C10H9Br2NO3/c1-16-13-10(15)8(12)9(14)6-2-4-7(11)5-3-6/h2-5,8H,1H3,(H,13,15). The van der Waals surface area contributed by atoms with Crippen molar-refractivity contribution in [3.8, 4) is 0 Å². The first-order chi connectivity index (χ1) is 7.56. The third kappa shape index (κ3) is 3.40. The molecule has 0 saturated carbocycles. The average molecular weight is 351 g/mol. The number of halogens is 2. The molecule has 1 rings (SSSR count). The quantitative estimate of drug-likeness (QED) is 0.391. The van der Waals surface area contributed by atoms with E-state index in [1.54, 1.807) is 24.3 Å².